The van der Waals surface area contributed by atoms with E-state index in [1.165, 1.54) is 6.26 Å². The molecular formula is C12H10ClNO2. The zero-order valence-electron chi connectivity index (χ0n) is 8.74. The van der Waals surface area contributed by atoms with Gasteiger partial charge in [0.15, 0.2) is 5.78 Å². The highest BCUT2D eigenvalue weighted by atomic mass is 35.5. The second-order valence-corrected chi connectivity index (χ2v) is 3.88. The molecule has 0 amide bonds. The summed E-state index contributed by atoms with van der Waals surface area (Å²) >= 11 is 5.72. The Bertz CT molecular complexity index is 502. The van der Waals surface area contributed by atoms with Gasteiger partial charge in [-0.3, -0.25) is 9.78 Å². The van der Waals surface area contributed by atoms with Crippen LogP contribution in [0.1, 0.15) is 21.6 Å². The Balaban J connectivity index is 2.14. The lowest BCUT2D eigenvalue weighted by molar-refractivity contribution is 0.0991. The third kappa shape index (κ3) is 2.31. The molecule has 0 radical (unpaired) electrons. The monoisotopic (exact) mass is 235 g/mol. The van der Waals surface area contributed by atoms with Crippen LogP contribution in [0, 0.1) is 6.92 Å². The van der Waals surface area contributed by atoms with E-state index in [1.54, 1.807) is 12.3 Å². The molecule has 2 rings (SSSR count). The van der Waals surface area contributed by atoms with E-state index in [1.807, 2.05) is 19.1 Å². The summed E-state index contributed by atoms with van der Waals surface area (Å²) in [6.07, 6.45) is 3.37. The van der Waals surface area contributed by atoms with E-state index in [9.17, 15) is 4.79 Å². The van der Waals surface area contributed by atoms with Crippen molar-refractivity contribution in [1.29, 1.82) is 0 Å². The zero-order chi connectivity index (χ0) is 11.5. The summed E-state index contributed by atoms with van der Waals surface area (Å²) in [7, 11) is 0. The maximum absolute atomic E-state index is 11.8. The molecule has 0 bridgehead atoms. The van der Waals surface area contributed by atoms with Crippen molar-refractivity contribution in [3.05, 3.63) is 52.7 Å². The highest BCUT2D eigenvalue weighted by molar-refractivity contribution is 6.32. The Morgan fingerprint density at radius 1 is 1.44 bits per heavy atom. The smallest absolute Gasteiger partial charge is 0.203 e. The highest BCUT2D eigenvalue weighted by Gasteiger charge is 2.13. The van der Waals surface area contributed by atoms with Gasteiger partial charge in [0.25, 0.3) is 0 Å². The average molecular weight is 236 g/mol. The molecule has 4 heteroatoms. The van der Waals surface area contributed by atoms with Crippen LogP contribution in [0.5, 0.6) is 0 Å². The maximum Gasteiger partial charge on any atom is 0.203 e. The topological polar surface area (TPSA) is 43.1 Å². The SMILES string of the molecule is Cc1ccc(CC(=O)c2ccoc2Cl)nc1. The van der Waals surface area contributed by atoms with E-state index >= 15 is 0 Å². The number of pyridine rings is 1. The maximum atomic E-state index is 11.8. The van der Waals surface area contributed by atoms with E-state index < -0.39 is 0 Å². The van der Waals surface area contributed by atoms with Gasteiger partial charge in [-0.2, -0.15) is 0 Å². The van der Waals surface area contributed by atoms with Crippen LogP contribution in [0.15, 0.2) is 35.1 Å². The molecule has 2 aromatic heterocycles. The Kier molecular flexibility index (Phi) is 3.06. The Hall–Kier alpha value is -1.61. The number of aromatic nitrogens is 1. The second-order valence-electron chi connectivity index (χ2n) is 3.53. The van der Waals surface area contributed by atoms with E-state index in [0.717, 1.165) is 11.3 Å². The number of carbonyl (C=O) groups is 1. The first kappa shape index (κ1) is 10.9. The molecule has 16 heavy (non-hydrogen) atoms. The van der Waals surface area contributed by atoms with Crippen LogP contribution in [0.25, 0.3) is 0 Å². The van der Waals surface area contributed by atoms with Crippen molar-refractivity contribution in [2.75, 3.05) is 0 Å². The van der Waals surface area contributed by atoms with Gasteiger partial charge in [-0.05, 0) is 36.2 Å². The number of hydrogen-bond donors (Lipinski definition) is 0. The van der Waals surface area contributed by atoms with Crippen molar-refractivity contribution in [3.63, 3.8) is 0 Å². The summed E-state index contributed by atoms with van der Waals surface area (Å²) in [5, 5.41) is 0.136. The molecule has 0 aliphatic heterocycles. The number of hydrogen-bond acceptors (Lipinski definition) is 3. The van der Waals surface area contributed by atoms with Crippen LogP contribution in [-0.4, -0.2) is 10.8 Å². The molecule has 0 fully saturated rings. The first-order valence-electron chi connectivity index (χ1n) is 4.84. The van der Waals surface area contributed by atoms with Crippen molar-refractivity contribution in [3.8, 4) is 0 Å². The molecular weight excluding hydrogens is 226 g/mol. The van der Waals surface area contributed by atoms with Crippen molar-refractivity contribution < 1.29 is 9.21 Å². The lowest BCUT2D eigenvalue weighted by atomic mass is 10.1. The third-order valence-electron chi connectivity index (χ3n) is 2.23. The number of furan rings is 1. The molecule has 0 aromatic carbocycles. The number of ketones is 1. The number of aryl methyl sites for hydroxylation is 1. The molecule has 3 nitrogen and oxygen atoms in total. The summed E-state index contributed by atoms with van der Waals surface area (Å²) in [6, 6.07) is 5.33. The fourth-order valence-corrected chi connectivity index (χ4v) is 1.58. The van der Waals surface area contributed by atoms with Gasteiger partial charge in [0.05, 0.1) is 18.2 Å². The van der Waals surface area contributed by atoms with Crippen molar-refractivity contribution >= 4 is 17.4 Å². The molecule has 0 saturated carbocycles. The highest BCUT2D eigenvalue weighted by Crippen LogP contribution is 2.18. The molecule has 0 aliphatic rings. The second kappa shape index (κ2) is 4.49. The quantitative estimate of drug-likeness (QED) is 0.768. The van der Waals surface area contributed by atoms with Crippen LogP contribution in [0.4, 0.5) is 0 Å². The van der Waals surface area contributed by atoms with Gasteiger partial charge in [0.1, 0.15) is 0 Å². The Morgan fingerprint density at radius 2 is 2.25 bits per heavy atom. The molecule has 0 spiro atoms. The predicted molar refractivity (Wildman–Crippen MR) is 60.7 cm³/mol. The molecule has 2 heterocycles. The van der Waals surface area contributed by atoms with Gasteiger partial charge in [-0.25, -0.2) is 0 Å². The Morgan fingerprint density at radius 3 is 2.81 bits per heavy atom. The van der Waals surface area contributed by atoms with Crippen molar-refractivity contribution in [2.45, 2.75) is 13.3 Å². The van der Waals surface area contributed by atoms with Gasteiger partial charge in [-0.1, -0.05) is 6.07 Å². The number of halogens is 1. The molecule has 0 atom stereocenters. The normalized spacial score (nSPS) is 10.4. The lowest BCUT2D eigenvalue weighted by Crippen LogP contribution is -2.04. The number of nitrogens with zero attached hydrogens (tertiary/aromatic N) is 1. The van der Waals surface area contributed by atoms with Gasteiger partial charge in [0.2, 0.25) is 5.22 Å². The van der Waals surface area contributed by atoms with Crippen LogP contribution in [0.2, 0.25) is 5.22 Å². The van der Waals surface area contributed by atoms with E-state index in [4.69, 9.17) is 16.0 Å². The number of Topliss-reactive ketones (excluding diaryl/α,β-unsaturated/α-hetero) is 1. The predicted octanol–water partition coefficient (Wildman–Crippen LogP) is 3.06. The summed E-state index contributed by atoms with van der Waals surface area (Å²) in [5.74, 6) is -0.0879. The van der Waals surface area contributed by atoms with Crippen molar-refractivity contribution in [1.82, 2.24) is 4.98 Å². The minimum atomic E-state index is -0.0879. The summed E-state index contributed by atoms with van der Waals surface area (Å²) in [5.41, 5.74) is 2.20. The summed E-state index contributed by atoms with van der Waals surface area (Å²) in [4.78, 5) is 16.0. The lowest BCUT2D eigenvalue weighted by Gasteiger charge is -1.99. The molecule has 0 unspecified atom stereocenters. The summed E-state index contributed by atoms with van der Waals surface area (Å²) in [6.45, 7) is 1.95. The van der Waals surface area contributed by atoms with Crippen LogP contribution < -0.4 is 0 Å². The molecule has 0 N–H and O–H groups in total. The number of carbonyl (C=O) groups excluding carboxylic acids is 1. The van der Waals surface area contributed by atoms with E-state index in [2.05, 4.69) is 4.98 Å². The molecule has 2 aromatic rings. The molecule has 82 valence electrons. The molecule has 0 aliphatic carbocycles. The van der Waals surface area contributed by atoms with E-state index in [0.29, 0.717) is 5.56 Å². The van der Waals surface area contributed by atoms with Gasteiger partial charge in [-0.15, -0.1) is 0 Å². The number of rotatable bonds is 3. The van der Waals surface area contributed by atoms with Gasteiger partial charge in [0, 0.05) is 11.9 Å². The summed E-state index contributed by atoms with van der Waals surface area (Å²) < 4.78 is 4.87. The zero-order valence-corrected chi connectivity index (χ0v) is 9.49. The standard InChI is InChI=1S/C12H10ClNO2/c1-8-2-3-9(14-7-8)6-11(15)10-4-5-16-12(10)13/h2-5,7H,6H2,1H3. The van der Waals surface area contributed by atoms with E-state index in [-0.39, 0.29) is 17.4 Å². The van der Waals surface area contributed by atoms with Gasteiger partial charge < -0.3 is 4.42 Å². The fourth-order valence-electron chi connectivity index (χ4n) is 1.36. The van der Waals surface area contributed by atoms with Crippen LogP contribution >= 0.6 is 11.6 Å². The first-order valence-corrected chi connectivity index (χ1v) is 5.22. The largest absolute Gasteiger partial charge is 0.452 e. The Labute approximate surface area is 98.1 Å². The minimum Gasteiger partial charge on any atom is -0.452 e. The van der Waals surface area contributed by atoms with Crippen molar-refractivity contribution in [2.24, 2.45) is 0 Å². The minimum absolute atomic E-state index is 0.0879. The fraction of sp³-hybridized carbons (Fsp3) is 0.167. The van der Waals surface area contributed by atoms with Gasteiger partial charge >= 0.3 is 0 Å². The average Bonchev–Trinajstić information content (AvgIpc) is 2.68. The first-order chi connectivity index (χ1) is 7.66. The third-order valence-corrected chi connectivity index (χ3v) is 2.53. The van der Waals surface area contributed by atoms with Crippen LogP contribution in [-0.2, 0) is 6.42 Å². The van der Waals surface area contributed by atoms with Crippen LogP contribution in [0.3, 0.4) is 0 Å². The molecule has 0 saturated heterocycles.